The fourth-order valence-corrected chi connectivity index (χ4v) is 3.02. The zero-order chi connectivity index (χ0) is 16.0. The van der Waals surface area contributed by atoms with E-state index in [0.29, 0.717) is 11.7 Å². The third-order valence-corrected chi connectivity index (χ3v) is 4.16. The summed E-state index contributed by atoms with van der Waals surface area (Å²) in [5.74, 6) is -1.43. The van der Waals surface area contributed by atoms with Crippen molar-refractivity contribution in [2.24, 2.45) is 5.92 Å². The smallest absolute Gasteiger partial charge is 0.426 e. The number of carbonyl (C=O) groups is 3. The number of benzene rings is 1. The van der Waals surface area contributed by atoms with Gasteiger partial charge in [0.1, 0.15) is 6.10 Å². The van der Waals surface area contributed by atoms with E-state index < -0.39 is 24.1 Å². The number of fused-ring (bicyclic) bond motifs is 2. The molecule has 8 nitrogen and oxygen atoms in total. The fraction of sp³-hybridized carbons (Fsp3) is 0.400. The van der Waals surface area contributed by atoms with Crippen molar-refractivity contribution in [3.63, 3.8) is 0 Å². The van der Waals surface area contributed by atoms with Crippen LogP contribution in [0.5, 0.6) is 0 Å². The number of hydroxylamine groups is 2. The number of hydrogen-bond donors (Lipinski definition) is 0. The van der Waals surface area contributed by atoms with Crippen molar-refractivity contribution in [1.82, 2.24) is 5.06 Å². The van der Waals surface area contributed by atoms with Crippen molar-refractivity contribution in [1.29, 1.82) is 0 Å². The second-order valence-electron chi connectivity index (χ2n) is 5.47. The zero-order valence-electron chi connectivity index (χ0n) is 12.0. The number of carbonyl (C=O) groups excluding carboxylic acids is 3. The molecule has 1 aromatic carbocycles. The van der Waals surface area contributed by atoms with Crippen LogP contribution in [0.15, 0.2) is 24.3 Å². The summed E-state index contributed by atoms with van der Waals surface area (Å²) in [6.07, 6.45) is -1.27. The van der Waals surface area contributed by atoms with Crippen LogP contribution in [0.1, 0.15) is 27.1 Å². The number of nitrogens with zero attached hydrogens (tertiary/aromatic N) is 1. The molecule has 3 aliphatic rings. The lowest BCUT2D eigenvalue weighted by atomic mass is 10.0. The van der Waals surface area contributed by atoms with Crippen LogP contribution in [0, 0.1) is 5.92 Å². The molecule has 3 aliphatic heterocycles. The van der Waals surface area contributed by atoms with Gasteiger partial charge in [-0.05, 0) is 18.6 Å². The normalized spacial score (nSPS) is 28.7. The maximum absolute atomic E-state index is 12.1. The first-order chi connectivity index (χ1) is 11.1. The molecule has 3 atom stereocenters. The van der Waals surface area contributed by atoms with Crippen molar-refractivity contribution in [2.75, 3.05) is 13.2 Å². The molecule has 0 aromatic heterocycles. The molecule has 0 saturated carbocycles. The Labute approximate surface area is 130 Å². The molecular formula is C15H13NO7. The Morgan fingerprint density at radius 3 is 2.52 bits per heavy atom. The van der Waals surface area contributed by atoms with Crippen LogP contribution >= 0.6 is 0 Å². The summed E-state index contributed by atoms with van der Waals surface area (Å²) in [5.41, 5.74) is 0.387. The number of rotatable bonds is 2. The van der Waals surface area contributed by atoms with Gasteiger partial charge < -0.3 is 14.2 Å². The van der Waals surface area contributed by atoms with Gasteiger partial charge in [0.2, 0.25) is 0 Å². The van der Waals surface area contributed by atoms with E-state index in [4.69, 9.17) is 19.0 Å². The second-order valence-corrected chi connectivity index (χ2v) is 5.47. The van der Waals surface area contributed by atoms with Gasteiger partial charge >= 0.3 is 6.16 Å². The second kappa shape index (κ2) is 5.32. The highest BCUT2D eigenvalue weighted by Gasteiger charge is 2.45. The van der Waals surface area contributed by atoms with E-state index in [-0.39, 0.29) is 29.9 Å². The molecule has 1 aromatic rings. The Bertz CT molecular complexity index is 653. The number of ether oxygens (including phenoxy) is 3. The van der Waals surface area contributed by atoms with Crippen LogP contribution in [-0.4, -0.2) is 48.6 Å². The summed E-state index contributed by atoms with van der Waals surface area (Å²) in [4.78, 5) is 40.9. The predicted molar refractivity (Wildman–Crippen MR) is 72.1 cm³/mol. The molecule has 23 heavy (non-hydrogen) atoms. The van der Waals surface area contributed by atoms with E-state index in [2.05, 4.69) is 0 Å². The minimum atomic E-state index is -1.11. The summed E-state index contributed by atoms with van der Waals surface area (Å²) in [6, 6.07) is 6.24. The maximum atomic E-state index is 12.1. The summed E-state index contributed by atoms with van der Waals surface area (Å²) in [5, 5.41) is 0.422. The first-order valence-electron chi connectivity index (χ1n) is 7.25. The molecule has 4 rings (SSSR count). The quantitative estimate of drug-likeness (QED) is 0.595. The summed E-state index contributed by atoms with van der Waals surface area (Å²) in [6.45, 7) is 0.745. The highest BCUT2D eigenvalue weighted by Crippen LogP contribution is 2.33. The van der Waals surface area contributed by atoms with Crippen LogP contribution in [0.4, 0.5) is 4.79 Å². The van der Waals surface area contributed by atoms with Gasteiger partial charge in [-0.2, -0.15) is 0 Å². The van der Waals surface area contributed by atoms with Crippen LogP contribution in [-0.2, 0) is 19.0 Å². The minimum Gasteiger partial charge on any atom is -0.426 e. The standard InChI is InChI=1S/C15H13NO7/c17-12-8-3-1-2-4-9(8)13(18)16(12)23-15(19)22-11-7-21-14-10(11)5-6-20-14/h1-4,10-11,14H,5-7H2/t10-,11-,14+/m0/s1. The average Bonchev–Trinajstić information content (AvgIpc) is 3.21. The Kier molecular flexibility index (Phi) is 3.28. The Balaban J connectivity index is 1.42. The lowest BCUT2D eigenvalue weighted by Gasteiger charge is -2.17. The molecule has 3 heterocycles. The van der Waals surface area contributed by atoms with Crippen molar-refractivity contribution in [2.45, 2.75) is 18.8 Å². The monoisotopic (exact) mass is 319 g/mol. The lowest BCUT2D eigenvalue weighted by molar-refractivity contribution is -0.0925. The van der Waals surface area contributed by atoms with Crippen molar-refractivity contribution >= 4 is 18.0 Å². The molecule has 0 N–H and O–H groups in total. The first kappa shape index (κ1) is 14.2. The van der Waals surface area contributed by atoms with Gasteiger partial charge in [0.05, 0.1) is 30.3 Å². The Morgan fingerprint density at radius 2 is 1.83 bits per heavy atom. The van der Waals surface area contributed by atoms with Crippen LogP contribution in [0.25, 0.3) is 0 Å². The largest absolute Gasteiger partial charge is 0.534 e. The van der Waals surface area contributed by atoms with Crippen LogP contribution in [0.3, 0.4) is 0 Å². The number of hydrogen-bond acceptors (Lipinski definition) is 7. The Hall–Kier alpha value is -2.45. The van der Waals surface area contributed by atoms with E-state index in [9.17, 15) is 14.4 Å². The molecule has 0 aliphatic carbocycles. The summed E-state index contributed by atoms with van der Waals surface area (Å²) >= 11 is 0. The third kappa shape index (κ3) is 2.27. The first-order valence-corrected chi connectivity index (χ1v) is 7.25. The number of imide groups is 1. The van der Waals surface area contributed by atoms with E-state index in [0.717, 1.165) is 6.42 Å². The van der Waals surface area contributed by atoms with E-state index in [1.165, 1.54) is 12.1 Å². The molecule has 0 spiro atoms. The van der Waals surface area contributed by atoms with E-state index >= 15 is 0 Å². The highest BCUT2D eigenvalue weighted by atomic mass is 16.8. The summed E-state index contributed by atoms with van der Waals surface area (Å²) < 4.78 is 15.8. The molecule has 2 saturated heterocycles. The predicted octanol–water partition coefficient (Wildman–Crippen LogP) is 1.11. The molecule has 0 radical (unpaired) electrons. The fourth-order valence-electron chi connectivity index (χ4n) is 3.02. The van der Waals surface area contributed by atoms with Crippen LogP contribution < -0.4 is 0 Å². The topological polar surface area (TPSA) is 91.4 Å². The van der Waals surface area contributed by atoms with Gasteiger partial charge in [-0.15, -0.1) is 0 Å². The average molecular weight is 319 g/mol. The molecule has 8 heteroatoms. The molecule has 120 valence electrons. The van der Waals surface area contributed by atoms with Gasteiger partial charge in [-0.3, -0.25) is 14.4 Å². The van der Waals surface area contributed by atoms with Gasteiger partial charge in [-0.25, -0.2) is 4.79 Å². The molecular weight excluding hydrogens is 306 g/mol. The molecule has 2 fully saturated rings. The van der Waals surface area contributed by atoms with E-state index in [1.807, 2.05) is 0 Å². The maximum Gasteiger partial charge on any atom is 0.534 e. The number of amides is 2. The third-order valence-electron chi connectivity index (χ3n) is 4.16. The summed E-state index contributed by atoms with van der Waals surface area (Å²) in [7, 11) is 0. The van der Waals surface area contributed by atoms with Gasteiger partial charge in [0.25, 0.3) is 11.8 Å². The molecule has 0 bridgehead atoms. The zero-order valence-corrected chi connectivity index (χ0v) is 12.0. The van der Waals surface area contributed by atoms with Crippen LogP contribution in [0.2, 0.25) is 0 Å². The van der Waals surface area contributed by atoms with Crippen molar-refractivity contribution < 1.29 is 33.4 Å². The lowest BCUT2D eigenvalue weighted by Crippen LogP contribution is -2.35. The van der Waals surface area contributed by atoms with Crippen molar-refractivity contribution in [3.8, 4) is 0 Å². The van der Waals surface area contributed by atoms with E-state index in [1.54, 1.807) is 12.1 Å². The minimum absolute atomic E-state index is 0.0512. The van der Waals surface area contributed by atoms with Gasteiger partial charge in [0.15, 0.2) is 6.29 Å². The van der Waals surface area contributed by atoms with Gasteiger partial charge in [-0.1, -0.05) is 17.2 Å². The van der Waals surface area contributed by atoms with Gasteiger partial charge in [0, 0.05) is 0 Å². The highest BCUT2D eigenvalue weighted by molar-refractivity contribution is 6.20. The molecule has 2 amide bonds. The SMILES string of the molecule is O=C(O[C@H]1CO[C@H]2OCC[C@H]21)ON1C(=O)c2ccccc2C1=O. The Morgan fingerprint density at radius 1 is 1.13 bits per heavy atom. The van der Waals surface area contributed by atoms with Crippen molar-refractivity contribution in [3.05, 3.63) is 35.4 Å². The molecule has 0 unspecified atom stereocenters.